The molecular formula is C16H16O3. The number of benzene rings is 1. The first-order valence-electron chi connectivity index (χ1n) is 6.72. The molecule has 1 aliphatic heterocycles. The van der Waals surface area contributed by atoms with Gasteiger partial charge in [0.1, 0.15) is 5.60 Å². The fraction of sp³-hybridized carbons (Fsp3) is 0.375. The lowest BCUT2D eigenvalue weighted by Gasteiger charge is -2.26. The SMILES string of the molecule is CCC1(CC)CC2=C(O1)C(=O)c1ccccc1C2=O. The first kappa shape index (κ1) is 12.2. The molecule has 0 saturated carbocycles. The Morgan fingerprint density at radius 1 is 1.05 bits per heavy atom. The molecule has 0 fully saturated rings. The molecule has 1 aromatic rings. The maximum Gasteiger partial charge on any atom is 0.228 e. The topological polar surface area (TPSA) is 43.4 Å². The highest BCUT2D eigenvalue weighted by atomic mass is 16.5. The van der Waals surface area contributed by atoms with Gasteiger partial charge in [0, 0.05) is 17.5 Å². The monoisotopic (exact) mass is 256 g/mol. The van der Waals surface area contributed by atoms with Gasteiger partial charge in [0.15, 0.2) is 11.5 Å². The van der Waals surface area contributed by atoms with Crippen LogP contribution in [0.1, 0.15) is 53.8 Å². The predicted octanol–water partition coefficient (Wildman–Crippen LogP) is 3.30. The zero-order valence-corrected chi connectivity index (χ0v) is 11.2. The average molecular weight is 256 g/mol. The molecule has 0 saturated heterocycles. The van der Waals surface area contributed by atoms with Crippen LogP contribution < -0.4 is 0 Å². The van der Waals surface area contributed by atoms with Gasteiger partial charge < -0.3 is 4.74 Å². The smallest absolute Gasteiger partial charge is 0.228 e. The van der Waals surface area contributed by atoms with E-state index in [2.05, 4.69) is 0 Å². The van der Waals surface area contributed by atoms with Gasteiger partial charge in [-0.15, -0.1) is 0 Å². The number of rotatable bonds is 2. The number of carbonyl (C=O) groups is 2. The van der Waals surface area contributed by atoms with E-state index in [1.54, 1.807) is 24.3 Å². The molecular weight excluding hydrogens is 240 g/mol. The maximum absolute atomic E-state index is 12.5. The highest BCUT2D eigenvalue weighted by Crippen LogP contribution is 2.43. The normalized spacial score (nSPS) is 20.1. The van der Waals surface area contributed by atoms with E-state index in [-0.39, 0.29) is 22.9 Å². The fourth-order valence-corrected chi connectivity index (χ4v) is 2.89. The molecule has 1 aromatic carbocycles. The molecule has 0 amide bonds. The summed E-state index contributed by atoms with van der Waals surface area (Å²) < 4.78 is 5.90. The molecule has 1 heterocycles. The molecule has 0 aromatic heterocycles. The minimum atomic E-state index is -0.377. The van der Waals surface area contributed by atoms with Crippen molar-refractivity contribution in [1.82, 2.24) is 0 Å². The molecule has 2 aliphatic rings. The summed E-state index contributed by atoms with van der Waals surface area (Å²) in [6, 6.07) is 6.98. The Bertz CT molecular complexity index is 557. The molecule has 0 spiro atoms. The molecule has 19 heavy (non-hydrogen) atoms. The van der Waals surface area contributed by atoms with Crippen molar-refractivity contribution < 1.29 is 14.3 Å². The van der Waals surface area contributed by atoms with Crippen LogP contribution >= 0.6 is 0 Å². The summed E-state index contributed by atoms with van der Waals surface area (Å²) in [5.41, 5.74) is 1.16. The Labute approximate surface area is 112 Å². The summed E-state index contributed by atoms with van der Waals surface area (Å²) in [7, 11) is 0. The van der Waals surface area contributed by atoms with Crippen molar-refractivity contribution in [3.63, 3.8) is 0 Å². The lowest BCUT2D eigenvalue weighted by molar-refractivity contribution is 0.0171. The fourth-order valence-electron chi connectivity index (χ4n) is 2.89. The Morgan fingerprint density at radius 2 is 1.63 bits per heavy atom. The van der Waals surface area contributed by atoms with Gasteiger partial charge in [0.2, 0.25) is 5.78 Å². The van der Waals surface area contributed by atoms with Crippen molar-refractivity contribution in [3.05, 3.63) is 46.7 Å². The summed E-state index contributed by atoms with van der Waals surface area (Å²) in [5, 5.41) is 0. The summed E-state index contributed by atoms with van der Waals surface area (Å²) in [6.45, 7) is 4.06. The van der Waals surface area contributed by atoms with E-state index in [0.29, 0.717) is 23.1 Å². The van der Waals surface area contributed by atoms with Gasteiger partial charge >= 0.3 is 0 Å². The molecule has 0 atom stereocenters. The molecule has 0 radical (unpaired) electrons. The second kappa shape index (κ2) is 4.05. The van der Waals surface area contributed by atoms with Gasteiger partial charge in [-0.3, -0.25) is 9.59 Å². The van der Waals surface area contributed by atoms with Crippen LogP contribution in [0.2, 0.25) is 0 Å². The van der Waals surface area contributed by atoms with Crippen LogP contribution in [-0.4, -0.2) is 17.2 Å². The van der Waals surface area contributed by atoms with Crippen molar-refractivity contribution in [3.8, 4) is 0 Å². The van der Waals surface area contributed by atoms with E-state index in [1.807, 2.05) is 13.8 Å². The third-order valence-electron chi connectivity index (χ3n) is 4.28. The summed E-state index contributed by atoms with van der Waals surface area (Å²) >= 11 is 0. The van der Waals surface area contributed by atoms with E-state index < -0.39 is 0 Å². The quantitative estimate of drug-likeness (QED) is 0.815. The summed E-state index contributed by atoms with van der Waals surface area (Å²) in [6.07, 6.45) is 2.15. The average Bonchev–Trinajstić information content (AvgIpc) is 2.86. The molecule has 0 N–H and O–H groups in total. The van der Waals surface area contributed by atoms with E-state index >= 15 is 0 Å². The van der Waals surface area contributed by atoms with Crippen LogP contribution in [0.25, 0.3) is 0 Å². The molecule has 0 bridgehead atoms. The zero-order chi connectivity index (χ0) is 13.6. The van der Waals surface area contributed by atoms with Gasteiger partial charge in [-0.1, -0.05) is 38.1 Å². The molecule has 3 heteroatoms. The number of carbonyl (C=O) groups excluding carboxylic acids is 2. The van der Waals surface area contributed by atoms with Gasteiger partial charge in [-0.25, -0.2) is 0 Å². The minimum Gasteiger partial charge on any atom is -0.482 e. The standard InChI is InChI=1S/C16H16O3/c1-3-16(4-2)9-12-13(17)10-7-5-6-8-11(10)14(18)15(12)19-16/h5-8H,3-4,9H2,1-2H3. The Hall–Kier alpha value is -1.90. The van der Waals surface area contributed by atoms with Crippen LogP contribution in [0.5, 0.6) is 0 Å². The lowest BCUT2D eigenvalue weighted by Crippen LogP contribution is -2.27. The Morgan fingerprint density at radius 3 is 2.21 bits per heavy atom. The predicted molar refractivity (Wildman–Crippen MR) is 71.1 cm³/mol. The number of allylic oxidation sites excluding steroid dienone is 1. The second-order valence-electron chi connectivity index (χ2n) is 5.18. The van der Waals surface area contributed by atoms with E-state index in [0.717, 1.165) is 12.8 Å². The van der Waals surface area contributed by atoms with Crippen molar-refractivity contribution in [2.75, 3.05) is 0 Å². The van der Waals surface area contributed by atoms with Crippen molar-refractivity contribution >= 4 is 11.6 Å². The number of ketones is 2. The van der Waals surface area contributed by atoms with Crippen LogP contribution in [0.4, 0.5) is 0 Å². The highest BCUT2D eigenvalue weighted by Gasteiger charge is 2.46. The van der Waals surface area contributed by atoms with Crippen LogP contribution in [0.15, 0.2) is 35.6 Å². The van der Waals surface area contributed by atoms with E-state index in [1.165, 1.54) is 0 Å². The van der Waals surface area contributed by atoms with Crippen LogP contribution in [0, 0.1) is 0 Å². The second-order valence-corrected chi connectivity index (χ2v) is 5.18. The number of hydrogen-bond donors (Lipinski definition) is 0. The number of fused-ring (bicyclic) bond motifs is 1. The number of hydrogen-bond acceptors (Lipinski definition) is 3. The minimum absolute atomic E-state index is 0.0472. The van der Waals surface area contributed by atoms with Gasteiger partial charge in [0.05, 0.1) is 5.57 Å². The summed E-state index contributed by atoms with van der Waals surface area (Å²) in [5.74, 6) is 0.0929. The molecule has 1 aliphatic carbocycles. The number of Topliss-reactive ketones (excluding diaryl/α,β-unsaturated/α-hetero) is 2. The van der Waals surface area contributed by atoms with Crippen LogP contribution in [0.3, 0.4) is 0 Å². The van der Waals surface area contributed by atoms with Gasteiger partial charge in [0.25, 0.3) is 0 Å². The molecule has 3 rings (SSSR count). The zero-order valence-electron chi connectivity index (χ0n) is 11.2. The van der Waals surface area contributed by atoms with Gasteiger partial charge in [-0.05, 0) is 12.8 Å². The lowest BCUT2D eigenvalue weighted by atomic mass is 9.84. The Balaban J connectivity index is 2.09. The van der Waals surface area contributed by atoms with Crippen molar-refractivity contribution in [2.24, 2.45) is 0 Å². The highest BCUT2D eigenvalue weighted by molar-refractivity contribution is 6.26. The third-order valence-corrected chi connectivity index (χ3v) is 4.28. The van der Waals surface area contributed by atoms with E-state index in [9.17, 15) is 9.59 Å². The molecule has 3 nitrogen and oxygen atoms in total. The molecule has 98 valence electrons. The maximum atomic E-state index is 12.5. The third kappa shape index (κ3) is 1.57. The van der Waals surface area contributed by atoms with Gasteiger partial charge in [-0.2, -0.15) is 0 Å². The first-order valence-corrected chi connectivity index (χ1v) is 6.72. The first-order chi connectivity index (χ1) is 9.12. The van der Waals surface area contributed by atoms with Crippen LogP contribution in [-0.2, 0) is 4.74 Å². The molecule has 0 unspecified atom stereocenters. The van der Waals surface area contributed by atoms with Crippen molar-refractivity contribution in [1.29, 1.82) is 0 Å². The number of ether oxygens (including phenoxy) is 1. The van der Waals surface area contributed by atoms with E-state index in [4.69, 9.17) is 4.74 Å². The summed E-state index contributed by atoms with van der Waals surface area (Å²) in [4.78, 5) is 24.9. The largest absolute Gasteiger partial charge is 0.482 e. The van der Waals surface area contributed by atoms with Crippen molar-refractivity contribution in [2.45, 2.75) is 38.7 Å². The Kier molecular flexibility index (Phi) is 2.59.